The number of nitrogen functional groups attached to an aromatic ring is 1. The maximum Gasteiger partial charge on any atom is 0.303 e. The minimum absolute atomic E-state index is 0.0117. The van der Waals surface area contributed by atoms with Gasteiger partial charge in [0, 0.05) is 94.9 Å². The van der Waals surface area contributed by atoms with Crippen LogP contribution in [0.15, 0.2) is 30.5 Å². The van der Waals surface area contributed by atoms with E-state index in [1.807, 2.05) is 17.9 Å². The molecule has 2 aromatic heterocycles. The van der Waals surface area contributed by atoms with Gasteiger partial charge in [-0.1, -0.05) is 66.5 Å². The number of carbonyl (C=O) groups is 3. The number of fused-ring (bicyclic) bond motifs is 1. The summed E-state index contributed by atoms with van der Waals surface area (Å²) in [7, 11) is 3.49. The molecular formula is C40H63N9O4S2. The Labute approximate surface area is 335 Å². The number of hydrogen-bond donors (Lipinski definition) is 5. The molecule has 1 fully saturated rings. The zero-order valence-electron chi connectivity index (χ0n) is 33.5. The fraction of sp³-hybridized carbons (Fsp3) is 0.625. The van der Waals surface area contributed by atoms with Crippen molar-refractivity contribution >= 4 is 62.2 Å². The van der Waals surface area contributed by atoms with Crippen molar-refractivity contribution in [2.45, 2.75) is 97.4 Å². The van der Waals surface area contributed by atoms with Gasteiger partial charge in [0.2, 0.25) is 17.8 Å². The Bertz CT molecular complexity index is 1690. The van der Waals surface area contributed by atoms with E-state index < -0.39 is 5.97 Å². The van der Waals surface area contributed by atoms with Crippen LogP contribution in [0.1, 0.15) is 89.3 Å². The first-order chi connectivity index (χ1) is 26.3. The van der Waals surface area contributed by atoms with Crippen molar-refractivity contribution in [3.63, 3.8) is 0 Å². The monoisotopic (exact) mass is 797 g/mol. The van der Waals surface area contributed by atoms with Gasteiger partial charge < -0.3 is 36.3 Å². The van der Waals surface area contributed by atoms with Crippen molar-refractivity contribution in [2.24, 2.45) is 5.92 Å². The molecule has 55 heavy (non-hydrogen) atoms. The van der Waals surface area contributed by atoms with E-state index in [0.29, 0.717) is 32.5 Å². The van der Waals surface area contributed by atoms with Crippen LogP contribution in [0.5, 0.6) is 0 Å². The maximum absolute atomic E-state index is 13.2. The molecule has 0 saturated carbocycles. The maximum atomic E-state index is 13.2. The molecule has 1 aromatic carbocycles. The summed E-state index contributed by atoms with van der Waals surface area (Å²) in [6.45, 7) is 17.9. The Morgan fingerprint density at radius 3 is 2.53 bits per heavy atom. The number of carboxylic acids is 1. The average molecular weight is 798 g/mol. The van der Waals surface area contributed by atoms with Crippen molar-refractivity contribution in [1.29, 1.82) is 0 Å². The van der Waals surface area contributed by atoms with E-state index in [2.05, 4.69) is 87.5 Å². The van der Waals surface area contributed by atoms with Crippen LogP contribution in [-0.2, 0) is 27.5 Å². The van der Waals surface area contributed by atoms with Crippen LogP contribution in [-0.4, -0.2) is 110 Å². The number of rotatable bonds is 24. The number of benzene rings is 1. The summed E-state index contributed by atoms with van der Waals surface area (Å²) < 4.78 is 2.14. The number of unbranched alkanes of at least 4 members (excludes halogenated alkanes) is 2. The SMILES string of the molecule is CCCCCNc1nc(N)nc2ccn(Cc3ccc(CN4CCN(C(=O)CCC(C)(C)SSCCNC(=O)CCNCC(C)CC(=O)O)CC4)cc3C)c12. The highest BCUT2D eigenvalue weighted by Gasteiger charge is 2.25. The Hall–Kier alpha value is -3.53. The first-order valence-electron chi connectivity index (χ1n) is 19.8. The number of hydrogen-bond acceptors (Lipinski definition) is 11. The highest BCUT2D eigenvalue weighted by molar-refractivity contribution is 8.77. The summed E-state index contributed by atoms with van der Waals surface area (Å²) in [6, 6.07) is 8.75. The first kappa shape index (κ1) is 44.2. The topological polar surface area (TPSA) is 171 Å². The third-order valence-electron chi connectivity index (χ3n) is 9.86. The van der Waals surface area contributed by atoms with E-state index in [1.54, 1.807) is 21.6 Å². The molecule has 0 bridgehead atoms. The number of nitrogens with one attached hydrogen (secondary N) is 3. The number of nitrogens with two attached hydrogens (primary N) is 1. The summed E-state index contributed by atoms with van der Waals surface area (Å²) in [4.78, 5) is 49.5. The Morgan fingerprint density at radius 1 is 1.02 bits per heavy atom. The van der Waals surface area contributed by atoms with Crippen molar-refractivity contribution in [3.8, 4) is 0 Å². The van der Waals surface area contributed by atoms with Crippen LogP contribution in [0.2, 0.25) is 0 Å². The molecule has 304 valence electrons. The summed E-state index contributed by atoms with van der Waals surface area (Å²) >= 11 is 0. The molecule has 1 unspecified atom stereocenters. The molecule has 13 nitrogen and oxygen atoms in total. The number of anilines is 2. The summed E-state index contributed by atoms with van der Waals surface area (Å²) in [5, 5.41) is 18.4. The zero-order valence-corrected chi connectivity index (χ0v) is 35.1. The lowest BCUT2D eigenvalue weighted by molar-refractivity contribution is -0.138. The second-order valence-corrected chi connectivity index (χ2v) is 18.5. The number of amides is 2. The number of carbonyl (C=O) groups excluding carboxylic acids is 2. The lowest BCUT2D eigenvalue weighted by Crippen LogP contribution is -2.48. The summed E-state index contributed by atoms with van der Waals surface area (Å²) in [5.74, 6) is 1.29. The summed E-state index contributed by atoms with van der Waals surface area (Å²) in [6.07, 6.45) is 7.29. The van der Waals surface area contributed by atoms with E-state index in [4.69, 9.17) is 10.8 Å². The molecule has 4 rings (SSSR count). The average Bonchev–Trinajstić information content (AvgIpc) is 3.54. The number of carboxylic acid groups (broad SMARTS) is 1. The second-order valence-electron chi connectivity index (χ2n) is 15.3. The molecule has 1 atom stereocenters. The van der Waals surface area contributed by atoms with Gasteiger partial charge >= 0.3 is 5.97 Å². The lowest BCUT2D eigenvalue weighted by atomic mass is 10.0. The van der Waals surface area contributed by atoms with Crippen LogP contribution in [0.4, 0.5) is 11.8 Å². The zero-order chi connectivity index (χ0) is 39.8. The van der Waals surface area contributed by atoms with Crippen molar-refractivity contribution in [2.75, 3.05) is 69.2 Å². The van der Waals surface area contributed by atoms with Gasteiger partial charge in [0.15, 0.2) is 5.82 Å². The van der Waals surface area contributed by atoms with E-state index in [1.165, 1.54) is 29.5 Å². The first-order valence-corrected chi connectivity index (χ1v) is 22.1. The predicted octanol–water partition coefficient (Wildman–Crippen LogP) is 5.76. The van der Waals surface area contributed by atoms with Gasteiger partial charge in [-0.2, -0.15) is 4.98 Å². The molecule has 3 aromatic rings. The van der Waals surface area contributed by atoms with Gasteiger partial charge in [-0.15, -0.1) is 0 Å². The highest BCUT2D eigenvalue weighted by atomic mass is 33.1. The largest absolute Gasteiger partial charge is 0.481 e. The van der Waals surface area contributed by atoms with Gasteiger partial charge in [0.05, 0.1) is 5.52 Å². The molecule has 2 amide bonds. The fourth-order valence-electron chi connectivity index (χ4n) is 6.64. The van der Waals surface area contributed by atoms with E-state index in [9.17, 15) is 14.4 Å². The standard InChI is InChI=1S/C40H63N9O4S2/c1-6-7-8-15-44-38-37-33(45-39(41)46-38)13-18-49(37)28-32-10-9-31(25-30(32)3)27-47-19-21-48(22-20-47)35(51)11-14-40(4,5)55-54-23-17-43-34(50)12-16-42-26-29(2)24-36(52)53/h9-10,13,18,25,29,42H,6-8,11-12,14-17,19-24,26-28H2,1-5H3,(H,43,50)(H,52,53)(H3,41,44,45,46). The second kappa shape index (κ2) is 22.3. The smallest absolute Gasteiger partial charge is 0.303 e. The highest BCUT2D eigenvalue weighted by Crippen LogP contribution is 2.38. The molecule has 0 spiro atoms. The predicted molar refractivity (Wildman–Crippen MR) is 227 cm³/mol. The van der Waals surface area contributed by atoms with E-state index >= 15 is 0 Å². The van der Waals surface area contributed by atoms with Gasteiger partial charge in [-0.05, 0) is 68.8 Å². The van der Waals surface area contributed by atoms with Crippen molar-refractivity contribution < 1.29 is 19.5 Å². The number of aryl methyl sites for hydroxylation is 1. The minimum atomic E-state index is -0.806. The van der Waals surface area contributed by atoms with Crippen LogP contribution in [0, 0.1) is 12.8 Å². The van der Waals surface area contributed by atoms with Crippen LogP contribution < -0.4 is 21.7 Å². The molecule has 3 heterocycles. The van der Waals surface area contributed by atoms with E-state index in [0.717, 1.165) is 81.3 Å². The number of nitrogens with zero attached hydrogens (tertiary/aromatic N) is 5. The molecule has 15 heteroatoms. The Kier molecular flexibility index (Phi) is 17.9. The number of aliphatic carboxylic acids is 1. The lowest BCUT2D eigenvalue weighted by Gasteiger charge is -2.35. The van der Waals surface area contributed by atoms with Gasteiger partial charge in [0.1, 0.15) is 5.52 Å². The normalized spacial score (nSPS) is 14.3. The van der Waals surface area contributed by atoms with Gasteiger partial charge in [-0.3, -0.25) is 19.3 Å². The van der Waals surface area contributed by atoms with Crippen LogP contribution in [0.3, 0.4) is 0 Å². The molecule has 1 aliphatic heterocycles. The minimum Gasteiger partial charge on any atom is -0.481 e. The van der Waals surface area contributed by atoms with Crippen molar-refractivity contribution in [1.82, 2.24) is 35.0 Å². The molecule has 6 N–H and O–H groups in total. The van der Waals surface area contributed by atoms with Gasteiger partial charge in [0.25, 0.3) is 0 Å². The molecule has 0 aliphatic carbocycles. The number of piperazine rings is 1. The van der Waals surface area contributed by atoms with Crippen LogP contribution >= 0.6 is 21.6 Å². The number of aromatic nitrogens is 3. The Balaban J connectivity index is 1.13. The molecule has 1 saturated heterocycles. The quantitative estimate of drug-likeness (QED) is 0.0549. The third-order valence-corrected chi connectivity index (χ3v) is 13.2. The van der Waals surface area contributed by atoms with Crippen molar-refractivity contribution in [3.05, 3.63) is 47.2 Å². The van der Waals surface area contributed by atoms with E-state index in [-0.39, 0.29) is 34.8 Å². The molecular weight excluding hydrogens is 735 g/mol. The van der Waals surface area contributed by atoms with Gasteiger partial charge in [-0.25, -0.2) is 4.98 Å². The fourth-order valence-corrected chi connectivity index (χ4v) is 9.12. The Morgan fingerprint density at radius 2 is 1.80 bits per heavy atom. The molecule has 1 aliphatic rings. The summed E-state index contributed by atoms with van der Waals surface area (Å²) in [5.41, 5.74) is 11.6. The third kappa shape index (κ3) is 15.1. The van der Waals surface area contributed by atoms with Crippen LogP contribution in [0.25, 0.3) is 11.0 Å². The molecule has 0 radical (unpaired) electrons.